The van der Waals surface area contributed by atoms with Crippen LogP contribution in [0, 0.1) is 6.92 Å². The van der Waals surface area contributed by atoms with Gasteiger partial charge in [0.1, 0.15) is 11.4 Å². The number of esters is 1. The Balaban J connectivity index is 1.35. The molecule has 1 saturated heterocycles. The highest BCUT2D eigenvalue weighted by molar-refractivity contribution is 6.30. The zero-order chi connectivity index (χ0) is 28.2. The van der Waals surface area contributed by atoms with E-state index >= 15 is 0 Å². The monoisotopic (exact) mass is 564 g/mol. The fourth-order valence-electron chi connectivity index (χ4n) is 5.03. The van der Waals surface area contributed by atoms with Crippen LogP contribution >= 0.6 is 11.6 Å². The normalized spacial score (nSPS) is 14.8. The van der Waals surface area contributed by atoms with Crippen LogP contribution in [0.4, 0.5) is 11.4 Å². The molecular weight excluding hydrogens is 532 g/mol. The lowest BCUT2D eigenvalue weighted by atomic mass is 10.1. The second kappa shape index (κ2) is 12.1. The second-order valence-corrected chi connectivity index (χ2v) is 10.3. The first-order chi connectivity index (χ1) is 19.3. The van der Waals surface area contributed by atoms with Gasteiger partial charge >= 0.3 is 5.97 Å². The topological polar surface area (TPSA) is 127 Å². The SMILES string of the molecule is CCOC(=O)CN1CCN(c2cc(C)c3nc(-c4c(NC[C@H](O)c5cccc(Cl)c5)cc[nH]c4=O)[nH]c3c2)CC1. The molecule has 0 bridgehead atoms. The van der Waals surface area contributed by atoms with Gasteiger partial charge < -0.3 is 30.0 Å². The third-order valence-corrected chi connectivity index (χ3v) is 7.31. The summed E-state index contributed by atoms with van der Waals surface area (Å²) in [5, 5.41) is 14.4. The van der Waals surface area contributed by atoms with Gasteiger partial charge in [-0.1, -0.05) is 23.7 Å². The maximum atomic E-state index is 12.9. The third-order valence-electron chi connectivity index (χ3n) is 7.07. The molecule has 2 aromatic heterocycles. The number of piperazine rings is 1. The minimum absolute atomic E-state index is 0.183. The predicted octanol–water partition coefficient (Wildman–Crippen LogP) is 3.71. The average molecular weight is 565 g/mol. The van der Waals surface area contributed by atoms with E-state index in [0.29, 0.717) is 40.8 Å². The van der Waals surface area contributed by atoms with Crippen molar-refractivity contribution in [1.29, 1.82) is 0 Å². The van der Waals surface area contributed by atoms with Crippen molar-refractivity contribution in [3.8, 4) is 11.4 Å². The standard InChI is InChI=1S/C29H33ClN6O4/c1-3-40-25(38)17-35-9-11-36(12-10-35)21-13-18(2)27-23(15-21)33-28(34-27)26-22(7-8-31-29(26)39)32-16-24(37)19-5-4-6-20(30)14-19/h4-8,13-15,24,37H,3,9-12,16-17H2,1-2H3,(H,33,34)(H2,31,32,39)/t24-/m0/s1. The van der Waals surface area contributed by atoms with Gasteiger partial charge in [-0.2, -0.15) is 0 Å². The highest BCUT2D eigenvalue weighted by atomic mass is 35.5. The minimum atomic E-state index is -0.816. The molecule has 40 heavy (non-hydrogen) atoms. The highest BCUT2D eigenvalue weighted by Gasteiger charge is 2.22. The fraction of sp³-hybridized carbons (Fsp3) is 0.345. The highest BCUT2D eigenvalue weighted by Crippen LogP contribution is 2.30. The maximum absolute atomic E-state index is 12.9. The van der Waals surface area contributed by atoms with Crippen molar-refractivity contribution < 1.29 is 14.6 Å². The number of H-pyrrole nitrogens is 2. The summed E-state index contributed by atoms with van der Waals surface area (Å²) < 4.78 is 5.08. The number of imidazole rings is 1. The Morgan fingerprint density at radius 3 is 2.75 bits per heavy atom. The van der Waals surface area contributed by atoms with Gasteiger partial charge in [0, 0.05) is 49.6 Å². The number of hydrogen-bond acceptors (Lipinski definition) is 8. The van der Waals surface area contributed by atoms with E-state index in [2.05, 4.69) is 31.2 Å². The van der Waals surface area contributed by atoms with Crippen LogP contribution in [-0.2, 0) is 9.53 Å². The number of anilines is 2. The largest absolute Gasteiger partial charge is 0.465 e. The summed E-state index contributed by atoms with van der Waals surface area (Å²) in [7, 11) is 0. The Morgan fingerprint density at radius 2 is 2.00 bits per heavy atom. The molecule has 1 atom stereocenters. The summed E-state index contributed by atoms with van der Waals surface area (Å²) in [5.74, 6) is 0.248. The van der Waals surface area contributed by atoms with Crippen molar-refractivity contribution >= 4 is 40.0 Å². The number of rotatable bonds is 9. The van der Waals surface area contributed by atoms with Crippen LogP contribution < -0.4 is 15.8 Å². The molecule has 0 aliphatic carbocycles. The van der Waals surface area contributed by atoms with E-state index in [4.69, 9.17) is 21.3 Å². The number of pyridine rings is 1. The molecule has 3 heterocycles. The Labute approximate surface area is 236 Å². The van der Waals surface area contributed by atoms with E-state index in [0.717, 1.165) is 48.5 Å². The number of aliphatic hydroxyl groups excluding tert-OH is 1. The summed E-state index contributed by atoms with van der Waals surface area (Å²) >= 11 is 6.07. The number of benzene rings is 2. The van der Waals surface area contributed by atoms with Gasteiger partial charge in [-0.3, -0.25) is 14.5 Å². The van der Waals surface area contributed by atoms with Gasteiger partial charge in [0.25, 0.3) is 5.56 Å². The first-order valence-corrected chi connectivity index (χ1v) is 13.7. The molecule has 11 heteroatoms. The number of nitrogens with zero attached hydrogens (tertiary/aromatic N) is 3. The van der Waals surface area contributed by atoms with E-state index in [9.17, 15) is 14.7 Å². The molecule has 1 aliphatic heterocycles. The van der Waals surface area contributed by atoms with Crippen molar-refractivity contribution in [3.05, 3.63) is 75.2 Å². The van der Waals surface area contributed by atoms with Gasteiger partial charge in [0.15, 0.2) is 0 Å². The van der Waals surface area contributed by atoms with Gasteiger partial charge in [0.2, 0.25) is 0 Å². The van der Waals surface area contributed by atoms with Crippen LogP contribution in [0.5, 0.6) is 0 Å². The number of aliphatic hydroxyl groups is 1. The minimum Gasteiger partial charge on any atom is -0.465 e. The summed E-state index contributed by atoms with van der Waals surface area (Å²) in [6, 6.07) is 13.0. The third kappa shape index (κ3) is 6.14. The number of hydrogen-bond donors (Lipinski definition) is 4. The molecule has 0 spiro atoms. The molecule has 0 unspecified atom stereocenters. The lowest BCUT2D eigenvalue weighted by Gasteiger charge is -2.35. The second-order valence-electron chi connectivity index (χ2n) is 9.86. The molecule has 210 valence electrons. The van der Waals surface area contributed by atoms with Crippen LogP contribution in [-0.4, -0.2) is 76.8 Å². The zero-order valence-corrected chi connectivity index (χ0v) is 23.3. The van der Waals surface area contributed by atoms with E-state index in [1.165, 1.54) is 0 Å². The van der Waals surface area contributed by atoms with Crippen molar-refractivity contribution in [3.63, 3.8) is 0 Å². The number of aromatic nitrogens is 3. The van der Waals surface area contributed by atoms with E-state index in [-0.39, 0.29) is 18.1 Å². The molecule has 1 aliphatic rings. The van der Waals surface area contributed by atoms with Crippen molar-refractivity contribution in [2.75, 3.05) is 56.1 Å². The molecule has 4 N–H and O–H groups in total. The number of aryl methyl sites for hydroxylation is 1. The summed E-state index contributed by atoms with van der Waals surface area (Å²) in [6.45, 7) is 7.79. The van der Waals surface area contributed by atoms with E-state index in [1.807, 2.05) is 19.9 Å². The Kier molecular flexibility index (Phi) is 8.39. The molecule has 0 amide bonds. The summed E-state index contributed by atoms with van der Waals surface area (Å²) in [4.78, 5) is 40.0. The Morgan fingerprint density at radius 1 is 1.20 bits per heavy atom. The van der Waals surface area contributed by atoms with Crippen LogP contribution in [0.25, 0.3) is 22.4 Å². The first-order valence-electron chi connectivity index (χ1n) is 13.3. The van der Waals surface area contributed by atoms with Crippen molar-refractivity contribution in [2.24, 2.45) is 0 Å². The maximum Gasteiger partial charge on any atom is 0.320 e. The fourth-order valence-corrected chi connectivity index (χ4v) is 5.22. The number of ether oxygens (including phenoxy) is 1. The Hall–Kier alpha value is -3.86. The molecule has 2 aromatic carbocycles. The average Bonchev–Trinajstić information content (AvgIpc) is 3.36. The van der Waals surface area contributed by atoms with Crippen LogP contribution in [0.1, 0.15) is 24.2 Å². The molecule has 4 aromatic rings. The van der Waals surface area contributed by atoms with Gasteiger partial charge in [-0.15, -0.1) is 0 Å². The molecule has 0 saturated carbocycles. The van der Waals surface area contributed by atoms with E-state index < -0.39 is 6.10 Å². The van der Waals surface area contributed by atoms with Crippen molar-refractivity contribution in [2.45, 2.75) is 20.0 Å². The predicted molar refractivity (Wildman–Crippen MR) is 157 cm³/mol. The van der Waals surface area contributed by atoms with Gasteiger partial charge in [-0.25, -0.2) is 4.98 Å². The number of carbonyl (C=O) groups is 1. The lowest BCUT2D eigenvalue weighted by molar-refractivity contribution is -0.144. The quantitative estimate of drug-likeness (QED) is 0.227. The van der Waals surface area contributed by atoms with Crippen LogP contribution in [0.3, 0.4) is 0 Å². The number of fused-ring (bicyclic) bond motifs is 1. The Bertz CT molecular complexity index is 1560. The molecule has 10 nitrogen and oxygen atoms in total. The number of aromatic amines is 2. The van der Waals surface area contributed by atoms with Crippen molar-refractivity contribution in [1.82, 2.24) is 19.9 Å². The van der Waals surface area contributed by atoms with Gasteiger partial charge in [0.05, 0.1) is 36.0 Å². The summed E-state index contributed by atoms with van der Waals surface area (Å²) in [6.07, 6.45) is 0.747. The molecule has 5 rings (SSSR count). The number of carbonyl (C=O) groups excluding carboxylic acids is 1. The summed E-state index contributed by atoms with van der Waals surface area (Å²) in [5.41, 5.74) is 4.96. The van der Waals surface area contributed by atoms with Gasteiger partial charge in [-0.05, 0) is 55.3 Å². The molecule has 0 radical (unpaired) electrons. The molecular formula is C29H33ClN6O4. The number of halogens is 1. The zero-order valence-electron chi connectivity index (χ0n) is 22.5. The van der Waals surface area contributed by atoms with E-state index in [1.54, 1.807) is 36.5 Å². The van der Waals surface area contributed by atoms with Crippen LogP contribution in [0.2, 0.25) is 5.02 Å². The number of nitrogens with one attached hydrogen (secondary N) is 3. The van der Waals surface area contributed by atoms with Crippen LogP contribution in [0.15, 0.2) is 53.5 Å². The lowest BCUT2D eigenvalue weighted by Crippen LogP contribution is -2.48. The molecule has 1 fully saturated rings. The first kappa shape index (κ1) is 27.7. The smallest absolute Gasteiger partial charge is 0.320 e.